The van der Waals surface area contributed by atoms with Gasteiger partial charge in [-0.05, 0) is 23.6 Å². The Morgan fingerprint density at radius 3 is 2.39 bits per heavy atom. The van der Waals surface area contributed by atoms with Crippen LogP contribution < -0.4 is 0 Å². The number of carbonyl (C=O) groups is 1. The van der Waals surface area contributed by atoms with Crippen molar-refractivity contribution < 1.29 is 17.6 Å². The second-order valence-corrected chi connectivity index (χ2v) is 8.31. The number of halogens is 1. The van der Waals surface area contributed by atoms with E-state index in [2.05, 4.69) is 0 Å². The molecule has 0 bridgehead atoms. The monoisotopic (exact) mass is 342 g/mol. The van der Waals surface area contributed by atoms with Crippen LogP contribution in [0.5, 0.6) is 0 Å². The number of rotatable bonds is 4. The second-order valence-electron chi connectivity index (χ2n) is 6.33. The fourth-order valence-electron chi connectivity index (χ4n) is 2.81. The van der Waals surface area contributed by atoms with E-state index in [4.69, 9.17) is 0 Å². The van der Waals surface area contributed by atoms with Crippen molar-refractivity contribution in [2.75, 3.05) is 19.3 Å². The molecule has 7 heteroatoms. The summed E-state index contributed by atoms with van der Waals surface area (Å²) in [6.45, 7) is 4.81. The molecule has 1 amide bonds. The van der Waals surface area contributed by atoms with Crippen molar-refractivity contribution in [2.24, 2.45) is 5.92 Å². The van der Waals surface area contributed by atoms with E-state index in [-0.39, 0.29) is 36.6 Å². The maximum absolute atomic E-state index is 13.0. The Morgan fingerprint density at radius 1 is 1.26 bits per heavy atom. The van der Waals surface area contributed by atoms with Gasteiger partial charge in [0.15, 0.2) is 0 Å². The van der Waals surface area contributed by atoms with Crippen LogP contribution >= 0.6 is 0 Å². The van der Waals surface area contributed by atoms with Gasteiger partial charge in [-0.15, -0.1) is 0 Å². The van der Waals surface area contributed by atoms with E-state index in [1.165, 1.54) is 22.7 Å². The molecule has 1 atom stereocenters. The molecule has 1 fully saturated rings. The predicted octanol–water partition coefficient (Wildman–Crippen LogP) is 1.84. The van der Waals surface area contributed by atoms with Gasteiger partial charge in [0, 0.05) is 32.1 Å². The highest BCUT2D eigenvalue weighted by Crippen LogP contribution is 2.22. The molecule has 0 aliphatic carbocycles. The van der Waals surface area contributed by atoms with Crippen LogP contribution in [0.3, 0.4) is 0 Å². The van der Waals surface area contributed by atoms with Crippen molar-refractivity contribution in [3.05, 3.63) is 35.6 Å². The van der Waals surface area contributed by atoms with Crippen LogP contribution in [0.25, 0.3) is 0 Å². The molecule has 1 aromatic rings. The zero-order valence-electron chi connectivity index (χ0n) is 13.7. The van der Waals surface area contributed by atoms with E-state index in [0.717, 1.165) is 5.56 Å². The lowest BCUT2D eigenvalue weighted by atomic mass is 10.0. The van der Waals surface area contributed by atoms with Gasteiger partial charge in [0.1, 0.15) is 5.82 Å². The van der Waals surface area contributed by atoms with Crippen LogP contribution in [0.4, 0.5) is 4.39 Å². The van der Waals surface area contributed by atoms with Crippen LogP contribution in [0, 0.1) is 11.7 Å². The molecule has 0 N–H and O–H groups in total. The minimum Gasteiger partial charge on any atom is -0.334 e. The molecule has 1 aromatic carbocycles. The fraction of sp³-hybridized carbons (Fsp3) is 0.562. The topological polar surface area (TPSA) is 57.7 Å². The summed E-state index contributed by atoms with van der Waals surface area (Å²) in [6, 6.07) is 5.83. The Labute approximate surface area is 137 Å². The third-order valence-corrected chi connectivity index (χ3v) is 5.46. The van der Waals surface area contributed by atoms with Crippen LogP contribution in [0.2, 0.25) is 0 Å². The summed E-state index contributed by atoms with van der Waals surface area (Å²) in [5.74, 6) is -0.277. The molecule has 1 aliphatic rings. The van der Waals surface area contributed by atoms with E-state index in [1.54, 1.807) is 17.0 Å². The highest BCUT2D eigenvalue weighted by molar-refractivity contribution is 7.88. The number of sulfonamides is 1. The average Bonchev–Trinajstić information content (AvgIpc) is 2.61. The maximum Gasteiger partial charge on any atom is 0.224 e. The van der Waals surface area contributed by atoms with E-state index >= 15 is 0 Å². The first kappa shape index (κ1) is 17.9. The molecule has 1 saturated heterocycles. The van der Waals surface area contributed by atoms with Crippen LogP contribution in [0.1, 0.15) is 25.8 Å². The van der Waals surface area contributed by atoms with Gasteiger partial charge in [-0.1, -0.05) is 26.0 Å². The number of nitrogens with zero attached hydrogens (tertiary/aromatic N) is 2. The number of benzene rings is 1. The van der Waals surface area contributed by atoms with Gasteiger partial charge in [0.2, 0.25) is 15.9 Å². The molecule has 23 heavy (non-hydrogen) atoms. The van der Waals surface area contributed by atoms with Gasteiger partial charge in [0.05, 0.1) is 6.26 Å². The van der Waals surface area contributed by atoms with Crippen LogP contribution in [0.15, 0.2) is 24.3 Å². The quantitative estimate of drug-likeness (QED) is 0.839. The van der Waals surface area contributed by atoms with Crippen molar-refractivity contribution >= 4 is 15.9 Å². The largest absolute Gasteiger partial charge is 0.334 e. The summed E-state index contributed by atoms with van der Waals surface area (Å²) in [5.41, 5.74) is 0.832. The lowest BCUT2D eigenvalue weighted by Crippen LogP contribution is -2.46. The normalized spacial score (nSPS) is 20.8. The summed E-state index contributed by atoms with van der Waals surface area (Å²) in [4.78, 5) is 14.2. The Hall–Kier alpha value is -1.47. The molecular formula is C16H23FN2O3S. The first-order valence-electron chi connectivity index (χ1n) is 7.67. The Morgan fingerprint density at radius 2 is 1.87 bits per heavy atom. The van der Waals surface area contributed by atoms with Gasteiger partial charge >= 0.3 is 0 Å². The summed E-state index contributed by atoms with van der Waals surface area (Å²) >= 11 is 0. The van der Waals surface area contributed by atoms with E-state index in [1.807, 2.05) is 13.8 Å². The number of amides is 1. The molecular weight excluding hydrogens is 319 g/mol. The second kappa shape index (κ2) is 6.97. The zero-order chi connectivity index (χ0) is 17.2. The minimum atomic E-state index is -3.34. The molecule has 5 nitrogen and oxygen atoms in total. The first-order chi connectivity index (χ1) is 10.7. The molecule has 1 aliphatic heterocycles. The lowest BCUT2D eigenvalue weighted by Gasteiger charge is -2.34. The molecule has 1 heterocycles. The highest BCUT2D eigenvalue weighted by atomic mass is 32.2. The molecule has 0 aromatic heterocycles. The van der Waals surface area contributed by atoms with Crippen molar-refractivity contribution in [3.63, 3.8) is 0 Å². The van der Waals surface area contributed by atoms with Crippen molar-refractivity contribution in [1.82, 2.24) is 9.21 Å². The summed E-state index contributed by atoms with van der Waals surface area (Å²) in [6.07, 6.45) is 1.34. The number of hydrogen-bond acceptors (Lipinski definition) is 3. The third-order valence-electron chi connectivity index (χ3n) is 4.19. The standard InChI is InChI=1S/C16H23FN2O3S/c1-12(2)15-11-18(23(3,21)22)9-8-16(20)19(15)10-13-4-6-14(17)7-5-13/h4-7,12,15H,8-11H2,1-3H3/t15-/m0/s1. The lowest BCUT2D eigenvalue weighted by molar-refractivity contribution is -0.134. The maximum atomic E-state index is 13.0. The Bertz CT molecular complexity index is 658. The minimum absolute atomic E-state index is 0.0702. The van der Waals surface area contributed by atoms with E-state index in [0.29, 0.717) is 13.1 Å². The highest BCUT2D eigenvalue weighted by Gasteiger charge is 2.34. The summed E-state index contributed by atoms with van der Waals surface area (Å²) in [7, 11) is -3.34. The predicted molar refractivity (Wildman–Crippen MR) is 86.6 cm³/mol. The van der Waals surface area contributed by atoms with Gasteiger partial charge < -0.3 is 4.90 Å². The average molecular weight is 342 g/mol. The van der Waals surface area contributed by atoms with E-state index < -0.39 is 10.0 Å². The molecule has 0 radical (unpaired) electrons. The third kappa shape index (κ3) is 4.51. The number of hydrogen-bond donors (Lipinski definition) is 0. The molecule has 0 spiro atoms. The van der Waals surface area contributed by atoms with Gasteiger partial charge in [-0.2, -0.15) is 4.31 Å². The van der Waals surface area contributed by atoms with E-state index in [9.17, 15) is 17.6 Å². The zero-order valence-corrected chi connectivity index (χ0v) is 14.5. The first-order valence-corrected chi connectivity index (χ1v) is 9.52. The summed E-state index contributed by atoms with van der Waals surface area (Å²) < 4.78 is 38.2. The smallest absolute Gasteiger partial charge is 0.224 e. The molecule has 0 saturated carbocycles. The SMILES string of the molecule is CC(C)[C@@H]1CN(S(C)(=O)=O)CCC(=O)N1Cc1ccc(F)cc1. The van der Waals surface area contributed by atoms with Gasteiger partial charge in [-0.25, -0.2) is 12.8 Å². The van der Waals surface area contributed by atoms with Crippen molar-refractivity contribution in [2.45, 2.75) is 32.9 Å². The summed E-state index contributed by atoms with van der Waals surface area (Å²) in [5, 5.41) is 0. The molecule has 0 unspecified atom stereocenters. The Balaban J connectivity index is 2.27. The number of carbonyl (C=O) groups excluding carboxylic acids is 1. The van der Waals surface area contributed by atoms with Crippen LogP contribution in [-0.4, -0.2) is 48.9 Å². The van der Waals surface area contributed by atoms with Gasteiger partial charge in [-0.3, -0.25) is 4.79 Å². The van der Waals surface area contributed by atoms with Crippen LogP contribution in [-0.2, 0) is 21.4 Å². The van der Waals surface area contributed by atoms with Crippen molar-refractivity contribution in [3.8, 4) is 0 Å². The molecule has 2 rings (SSSR count). The fourth-order valence-corrected chi connectivity index (χ4v) is 3.66. The van der Waals surface area contributed by atoms with Crippen molar-refractivity contribution in [1.29, 1.82) is 0 Å². The Kier molecular flexibility index (Phi) is 5.41. The molecule has 128 valence electrons. The van der Waals surface area contributed by atoms with Gasteiger partial charge in [0.25, 0.3) is 0 Å².